The van der Waals surface area contributed by atoms with E-state index in [1.54, 1.807) is 0 Å². The van der Waals surface area contributed by atoms with Gasteiger partial charge in [-0.15, -0.1) is 0 Å². The van der Waals surface area contributed by atoms with E-state index in [0.717, 1.165) is 12.8 Å². The lowest BCUT2D eigenvalue weighted by molar-refractivity contribution is 0.151. The molecule has 0 amide bonds. The molecule has 16 heavy (non-hydrogen) atoms. The Balaban J connectivity index is 2.61. The van der Waals surface area contributed by atoms with Crippen molar-refractivity contribution in [3.63, 3.8) is 0 Å². The van der Waals surface area contributed by atoms with Gasteiger partial charge in [-0.1, -0.05) is 26.7 Å². The van der Waals surface area contributed by atoms with Crippen molar-refractivity contribution in [2.75, 3.05) is 31.1 Å². The molecule has 0 bridgehead atoms. The lowest BCUT2D eigenvalue weighted by Crippen LogP contribution is -2.51. The summed E-state index contributed by atoms with van der Waals surface area (Å²) >= 11 is 0. The van der Waals surface area contributed by atoms with Crippen molar-refractivity contribution in [3.05, 3.63) is 0 Å². The second-order valence-corrected chi connectivity index (χ2v) is 6.87. The summed E-state index contributed by atoms with van der Waals surface area (Å²) in [5.74, 6) is 1.18. The number of hydrogen-bond donors (Lipinski definition) is 1. The Bertz CT molecular complexity index is 285. The van der Waals surface area contributed by atoms with Gasteiger partial charge in [-0.3, -0.25) is 4.90 Å². The fraction of sp³-hybridized carbons (Fsp3) is 1.00. The predicted octanol–water partition coefficient (Wildman–Crippen LogP) is 0.480. The molecular formula is C11H24N2O2S. The van der Waals surface area contributed by atoms with E-state index < -0.39 is 9.84 Å². The van der Waals surface area contributed by atoms with E-state index in [0.29, 0.717) is 43.1 Å². The standard InChI is InChI=1S/C11H24N2O2S/c1-3-10(4-2)11(9-12)13-5-7-16(14,15)8-6-13/h10-11H,3-9,12H2,1-2H3. The van der Waals surface area contributed by atoms with Crippen LogP contribution in [0.2, 0.25) is 0 Å². The summed E-state index contributed by atoms with van der Waals surface area (Å²) < 4.78 is 22.7. The molecule has 1 unspecified atom stereocenters. The van der Waals surface area contributed by atoms with E-state index in [1.807, 2.05) is 0 Å². The highest BCUT2D eigenvalue weighted by Gasteiger charge is 2.29. The van der Waals surface area contributed by atoms with E-state index in [9.17, 15) is 8.42 Å². The van der Waals surface area contributed by atoms with Crippen LogP contribution >= 0.6 is 0 Å². The zero-order chi connectivity index (χ0) is 12.2. The number of nitrogens with two attached hydrogens (primary N) is 1. The van der Waals surface area contributed by atoms with Gasteiger partial charge in [0.15, 0.2) is 9.84 Å². The Morgan fingerprint density at radius 2 is 1.69 bits per heavy atom. The van der Waals surface area contributed by atoms with Crippen LogP contribution in [-0.4, -0.2) is 50.5 Å². The molecule has 0 aromatic heterocycles. The maximum atomic E-state index is 11.4. The van der Waals surface area contributed by atoms with Crippen LogP contribution in [0.25, 0.3) is 0 Å². The Labute approximate surface area is 99.1 Å². The van der Waals surface area contributed by atoms with E-state index in [2.05, 4.69) is 18.7 Å². The average Bonchev–Trinajstić information content (AvgIpc) is 2.26. The third-order valence-electron chi connectivity index (χ3n) is 3.68. The summed E-state index contributed by atoms with van der Waals surface area (Å²) in [5.41, 5.74) is 5.83. The monoisotopic (exact) mass is 248 g/mol. The average molecular weight is 248 g/mol. The molecule has 1 heterocycles. The molecule has 0 spiro atoms. The van der Waals surface area contributed by atoms with E-state index >= 15 is 0 Å². The van der Waals surface area contributed by atoms with Crippen molar-refractivity contribution >= 4 is 9.84 Å². The quantitative estimate of drug-likeness (QED) is 0.768. The van der Waals surface area contributed by atoms with Crippen LogP contribution in [0.1, 0.15) is 26.7 Å². The number of hydrogen-bond acceptors (Lipinski definition) is 4. The van der Waals surface area contributed by atoms with Gasteiger partial charge in [0.05, 0.1) is 11.5 Å². The third kappa shape index (κ3) is 3.43. The summed E-state index contributed by atoms with van der Waals surface area (Å²) in [4.78, 5) is 2.26. The minimum absolute atomic E-state index is 0.295. The zero-order valence-corrected chi connectivity index (χ0v) is 11.2. The van der Waals surface area contributed by atoms with Gasteiger partial charge in [0.25, 0.3) is 0 Å². The fourth-order valence-electron chi connectivity index (χ4n) is 2.53. The van der Waals surface area contributed by atoms with Crippen molar-refractivity contribution in [2.45, 2.75) is 32.7 Å². The lowest BCUT2D eigenvalue weighted by Gasteiger charge is -2.37. The Morgan fingerprint density at radius 1 is 1.19 bits per heavy atom. The highest BCUT2D eigenvalue weighted by Crippen LogP contribution is 2.19. The van der Waals surface area contributed by atoms with Crippen LogP contribution < -0.4 is 5.73 Å². The van der Waals surface area contributed by atoms with Crippen LogP contribution in [0.15, 0.2) is 0 Å². The smallest absolute Gasteiger partial charge is 0.152 e. The molecule has 1 atom stereocenters. The first-order valence-corrected chi connectivity index (χ1v) is 8.00. The van der Waals surface area contributed by atoms with Crippen LogP contribution in [0.4, 0.5) is 0 Å². The highest BCUT2D eigenvalue weighted by molar-refractivity contribution is 7.91. The summed E-state index contributed by atoms with van der Waals surface area (Å²) in [6.45, 7) is 6.29. The molecule has 0 aliphatic carbocycles. The molecule has 1 rings (SSSR count). The molecule has 2 N–H and O–H groups in total. The third-order valence-corrected chi connectivity index (χ3v) is 5.29. The molecule has 5 heteroatoms. The van der Waals surface area contributed by atoms with Crippen molar-refractivity contribution in [3.8, 4) is 0 Å². The van der Waals surface area contributed by atoms with Gasteiger partial charge in [0, 0.05) is 25.7 Å². The maximum absolute atomic E-state index is 11.4. The van der Waals surface area contributed by atoms with Gasteiger partial charge in [-0.25, -0.2) is 8.42 Å². The van der Waals surface area contributed by atoms with Crippen LogP contribution in [0, 0.1) is 5.92 Å². The minimum Gasteiger partial charge on any atom is -0.329 e. The van der Waals surface area contributed by atoms with Crippen molar-refractivity contribution < 1.29 is 8.42 Å². The van der Waals surface area contributed by atoms with Gasteiger partial charge in [-0.05, 0) is 5.92 Å². The summed E-state index contributed by atoms with van der Waals surface area (Å²) in [7, 11) is -2.78. The fourth-order valence-corrected chi connectivity index (χ4v) is 3.76. The summed E-state index contributed by atoms with van der Waals surface area (Å²) in [5, 5.41) is 0. The SMILES string of the molecule is CCC(CC)C(CN)N1CCS(=O)(=O)CC1. The molecular weight excluding hydrogens is 224 g/mol. The van der Waals surface area contributed by atoms with Crippen molar-refractivity contribution in [1.82, 2.24) is 4.90 Å². The van der Waals surface area contributed by atoms with Crippen molar-refractivity contribution in [2.24, 2.45) is 11.7 Å². The maximum Gasteiger partial charge on any atom is 0.152 e. The van der Waals surface area contributed by atoms with Gasteiger partial charge >= 0.3 is 0 Å². The van der Waals surface area contributed by atoms with Gasteiger partial charge in [-0.2, -0.15) is 0 Å². The summed E-state index contributed by atoms with van der Waals surface area (Å²) in [6, 6.07) is 0.352. The highest BCUT2D eigenvalue weighted by atomic mass is 32.2. The van der Waals surface area contributed by atoms with E-state index in [-0.39, 0.29) is 0 Å². The van der Waals surface area contributed by atoms with Crippen molar-refractivity contribution in [1.29, 1.82) is 0 Å². The number of sulfone groups is 1. The molecule has 4 nitrogen and oxygen atoms in total. The van der Waals surface area contributed by atoms with Gasteiger partial charge in [0.2, 0.25) is 0 Å². The first-order chi connectivity index (χ1) is 7.54. The normalized spacial score (nSPS) is 23.5. The molecule has 0 aromatic rings. The zero-order valence-electron chi connectivity index (χ0n) is 10.4. The number of rotatable bonds is 5. The van der Waals surface area contributed by atoms with Gasteiger partial charge in [0.1, 0.15) is 0 Å². The van der Waals surface area contributed by atoms with Crippen LogP contribution in [0.5, 0.6) is 0 Å². The second kappa shape index (κ2) is 5.98. The second-order valence-electron chi connectivity index (χ2n) is 4.57. The van der Waals surface area contributed by atoms with E-state index in [4.69, 9.17) is 5.73 Å². The largest absolute Gasteiger partial charge is 0.329 e. The molecule has 0 saturated carbocycles. The molecule has 1 aliphatic heterocycles. The summed E-state index contributed by atoms with van der Waals surface area (Å²) in [6.07, 6.45) is 2.23. The Kier molecular flexibility index (Phi) is 5.21. The van der Waals surface area contributed by atoms with Crippen LogP contribution in [-0.2, 0) is 9.84 Å². The van der Waals surface area contributed by atoms with E-state index in [1.165, 1.54) is 0 Å². The molecule has 1 aliphatic rings. The topological polar surface area (TPSA) is 63.4 Å². The first-order valence-electron chi connectivity index (χ1n) is 6.18. The first kappa shape index (κ1) is 13.9. The number of nitrogens with zero attached hydrogens (tertiary/aromatic N) is 1. The Hall–Kier alpha value is -0.130. The van der Waals surface area contributed by atoms with Gasteiger partial charge < -0.3 is 5.73 Å². The lowest BCUT2D eigenvalue weighted by atomic mass is 9.93. The van der Waals surface area contributed by atoms with Crippen LogP contribution in [0.3, 0.4) is 0 Å². The molecule has 1 saturated heterocycles. The molecule has 0 aromatic carbocycles. The molecule has 1 fully saturated rings. The predicted molar refractivity (Wildman–Crippen MR) is 67.1 cm³/mol. The Morgan fingerprint density at radius 3 is 2.06 bits per heavy atom. The minimum atomic E-state index is -2.78. The molecule has 0 radical (unpaired) electrons. The molecule has 96 valence electrons.